The van der Waals surface area contributed by atoms with Crippen molar-refractivity contribution < 1.29 is 4.79 Å². The number of thioether (sulfide) groups is 1. The maximum atomic E-state index is 11.0. The van der Waals surface area contributed by atoms with Crippen molar-refractivity contribution in [1.82, 2.24) is 0 Å². The number of carbonyl (C=O) groups excluding carboxylic acids is 1. The zero-order chi connectivity index (χ0) is 10.8. The SMILES string of the molecule is CC(=O)Nc1sc2c(c1C#N)CCSC2. The van der Waals surface area contributed by atoms with Crippen LogP contribution < -0.4 is 5.32 Å². The second-order valence-corrected chi connectivity index (χ2v) is 5.51. The Balaban J connectivity index is 2.43. The van der Waals surface area contributed by atoms with Crippen LogP contribution in [0.4, 0.5) is 5.00 Å². The molecule has 0 saturated carbocycles. The van der Waals surface area contributed by atoms with Gasteiger partial charge in [0.2, 0.25) is 5.91 Å². The van der Waals surface area contributed by atoms with E-state index in [1.807, 2.05) is 11.8 Å². The van der Waals surface area contributed by atoms with Crippen LogP contribution in [0.1, 0.15) is 22.9 Å². The number of hydrogen-bond acceptors (Lipinski definition) is 4. The average molecular weight is 238 g/mol. The van der Waals surface area contributed by atoms with Gasteiger partial charge in [0.25, 0.3) is 0 Å². The number of nitrogens with zero attached hydrogens (tertiary/aromatic N) is 1. The highest BCUT2D eigenvalue weighted by Gasteiger charge is 2.21. The fourth-order valence-corrected chi connectivity index (χ4v) is 3.98. The normalized spacial score (nSPS) is 14.1. The van der Waals surface area contributed by atoms with Crippen LogP contribution in [0.2, 0.25) is 0 Å². The molecule has 15 heavy (non-hydrogen) atoms. The maximum absolute atomic E-state index is 11.0. The zero-order valence-corrected chi connectivity index (χ0v) is 9.93. The van der Waals surface area contributed by atoms with Crippen molar-refractivity contribution in [3.8, 4) is 6.07 Å². The second-order valence-electron chi connectivity index (χ2n) is 3.30. The molecule has 1 aliphatic rings. The van der Waals surface area contributed by atoms with Gasteiger partial charge in [-0.15, -0.1) is 11.3 Å². The van der Waals surface area contributed by atoms with Crippen molar-refractivity contribution in [1.29, 1.82) is 5.26 Å². The van der Waals surface area contributed by atoms with Gasteiger partial charge in [0, 0.05) is 17.6 Å². The minimum Gasteiger partial charge on any atom is -0.317 e. The van der Waals surface area contributed by atoms with Gasteiger partial charge in [-0.3, -0.25) is 4.79 Å². The molecule has 1 aromatic heterocycles. The van der Waals surface area contributed by atoms with E-state index in [9.17, 15) is 4.79 Å². The molecule has 1 aromatic rings. The molecule has 0 aliphatic carbocycles. The topological polar surface area (TPSA) is 52.9 Å². The lowest BCUT2D eigenvalue weighted by molar-refractivity contribution is -0.114. The molecular formula is C10H10N2OS2. The summed E-state index contributed by atoms with van der Waals surface area (Å²) in [5, 5.41) is 12.5. The quantitative estimate of drug-likeness (QED) is 0.817. The molecule has 1 aliphatic heterocycles. The number of carbonyl (C=O) groups is 1. The summed E-state index contributed by atoms with van der Waals surface area (Å²) < 4.78 is 0. The molecule has 0 atom stereocenters. The Morgan fingerprint density at radius 1 is 1.60 bits per heavy atom. The van der Waals surface area contributed by atoms with Crippen molar-refractivity contribution >= 4 is 34.0 Å². The monoisotopic (exact) mass is 238 g/mol. The molecule has 1 amide bonds. The summed E-state index contributed by atoms with van der Waals surface area (Å²) in [6, 6.07) is 2.20. The number of fused-ring (bicyclic) bond motifs is 1. The highest BCUT2D eigenvalue weighted by Crippen LogP contribution is 2.38. The standard InChI is InChI=1S/C10H10N2OS2/c1-6(13)12-10-8(4-11)7-2-3-14-5-9(7)15-10/h2-3,5H2,1H3,(H,12,13). The van der Waals surface area contributed by atoms with E-state index in [-0.39, 0.29) is 5.91 Å². The molecule has 0 radical (unpaired) electrons. The first-order valence-electron chi connectivity index (χ1n) is 4.62. The fourth-order valence-electron chi connectivity index (χ4n) is 1.60. The molecule has 2 heterocycles. The number of nitriles is 1. The Labute approximate surface area is 96.5 Å². The van der Waals surface area contributed by atoms with Crippen LogP contribution >= 0.6 is 23.1 Å². The predicted molar refractivity (Wildman–Crippen MR) is 63.2 cm³/mol. The Morgan fingerprint density at radius 2 is 2.40 bits per heavy atom. The first-order chi connectivity index (χ1) is 7.22. The molecule has 0 spiro atoms. The summed E-state index contributed by atoms with van der Waals surface area (Å²) in [6.45, 7) is 1.47. The third-order valence-electron chi connectivity index (χ3n) is 2.22. The summed E-state index contributed by atoms with van der Waals surface area (Å²) in [6.07, 6.45) is 0.943. The molecule has 2 rings (SSSR count). The number of anilines is 1. The van der Waals surface area contributed by atoms with Gasteiger partial charge in [-0.2, -0.15) is 17.0 Å². The first kappa shape index (κ1) is 10.5. The van der Waals surface area contributed by atoms with Crippen LogP contribution in [0.25, 0.3) is 0 Å². The summed E-state index contributed by atoms with van der Waals surface area (Å²) in [4.78, 5) is 12.2. The molecule has 0 bridgehead atoms. The number of thiophene rings is 1. The van der Waals surface area contributed by atoms with Gasteiger partial charge in [-0.05, 0) is 17.7 Å². The van der Waals surface area contributed by atoms with Crippen LogP contribution in [0.15, 0.2) is 0 Å². The number of rotatable bonds is 1. The van der Waals surface area contributed by atoms with E-state index in [0.717, 1.165) is 28.5 Å². The Morgan fingerprint density at radius 3 is 3.07 bits per heavy atom. The highest BCUT2D eigenvalue weighted by atomic mass is 32.2. The van der Waals surface area contributed by atoms with Crippen LogP contribution in [0.3, 0.4) is 0 Å². The van der Waals surface area contributed by atoms with E-state index in [0.29, 0.717) is 5.56 Å². The molecular weight excluding hydrogens is 228 g/mol. The van der Waals surface area contributed by atoms with Crippen molar-refractivity contribution in [2.75, 3.05) is 11.1 Å². The Hall–Kier alpha value is -0.990. The van der Waals surface area contributed by atoms with E-state index < -0.39 is 0 Å². The van der Waals surface area contributed by atoms with Gasteiger partial charge < -0.3 is 5.32 Å². The molecule has 0 unspecified atom stereocenters. The van der Waals surface area contributed by atoms with E-state index in [1.165, 1.54) is 23.1 Å². The third-order valence-corrected chi connectivity index (χ3v) is 4.54. The van der Waals surface area contributed by atoms with E-state index in [2.05, 4.69) is 11.4 Å². The van der Waals surface area contributed by atoms with Crippen LogP contribution in [-0.4, -0.2) is 11.7 Å². The fraction of sp³-hybridized carbons (Fsp3) is 0.400. The van der Waals surface area contributed by atoms with E-state index in [4.69, 9.17) is 5.26 Å². The van der Waals surface area contributed by atoms with Gasteiger partial charge in [0.15, 0.2) is 0 Å². The van der Waals surface area contributed by atoms with Gasteiger partial charge in [0.05, 0.1) is 5.56 Å². The molecule has 0 aromatic carbocycles. The van der Waals surface area contributed by atoms with Crippen molar-refractivity contribution in [3.63, 3.8) is 0 Å². The lowest BCUT2D eigenvalue weighted by Gasteiger charge is -2.09. The minimum absolute atomic E-state index is 0.113. The Bertz CT molecular complexity index is 445. The van der Waals surface area contributed by atoms with Gasteiger partial charge in [-0.1, -0.05) is 0 Å². The summed E-state index contributed by atoms with van der Waals surface area (Å²) in [5.41, 5.74) is 1.82. The molecule has 3 nitrogen and oxygen atoms in total. The first-order valence-corrected chi connectivity index (χ1v) is 6.59. The van der Waals surface area contributed by atoms with Gasteiger partial charge in [-0.25, -0.2) is 0 Å². The minimum atomic E-state index is -0.113. The molecule has 78 valence electrons. The lowest BCUT2D eigenvalue weighted by atomic mass is 10.1. The lowest BCUT2D eigenvalue weighted by Crippen LogP contribution is -2.06. The second kappa shape index (κ2) is 4.25. The summed E-state index contributed by atoms with van der Waals surface area (Å²) >= 11 is 3.42. The Kier molecular flexibility index (Phi) is 2.98. The average Bonchev–Trinajstić information content (AvgIpc) is 2.53. The van der Waals surface area contributed by atoms with Crippen LogP contribution in [0, 0.1) is 11.3 Å². The van der Waals surface area contributed by atoms with Crippen LogP contribution in [-0.2, 0) is 17.0 Å². The van der Waals surface area contributed by atoms with E-state index >= 15 is 0 Å². The summed E-state index contributed by atoms with van der Waals surface area (Å²) in [7, 11) is 0. The van der Waals surface area contributed by atoms with Crippen molar-refractivity contribution in [2.45, 2.75) is 19.1 Å². The van der Waals surface area contributed by atoms with Gasteiger partial charge in [0.1, 0.15) is 11.1 Å². The molecule has 0 fully saturated rings. The van der Waals surface area contributed by atoms with E-state index in [1.54, 1.807) is 0 Å². The maximum Gasteiger partial charge on any atom is 0.221 e. The van der Waals surface area contributed by atoms with Crippen molar-refractivity contribution in [3.05, 3.63) is 16.0 Å². The zero-order valence-electron chi connectivity index (χ0n) is 8.29. The number of nitrogens with one attached hydrogen (secondary N) is 1. The number of hydrogen-bond donors (Lipinski definition) is 1. The smallest absolute Gasteiger partial charge is 0.221 e. The van der Waals surface area contributed by atoms with Crippen molar-refractivity contribution in [2.24, 2.45) is 0 Å². The number of amides is 1. The molecule has 5 heteroatoms. The third kappa shape index (κ3) is 2.01. The van der Waals surface area contributed by atoms with Gasteiger partial charge >= 0.3 is 0 Å². The molecule has 0 saturated heterocycles. The molecule has 1 N–H and O–H groups in total. The summed E-state index contributed by atoms with van der Waals surface area (Å²) in [5.74, 6) is 1.92. The highest BCUT2D eigenvalue weighted by molar-refractivity contribution is 7.98. The predicted octanol–water partition coefficient (Wildman–Crippen LogP) is 2.37. The van der Waals surface area contributed by atoms with Crippen LogP contribution in [0.5, 0.6) is 0 Å². The largest absolute Gasteiger partial charge is 0.317 e.